The molecule has 6 atom stereocenters. The average molecular weight is 1860 g/mol. The summed E-state index contributed by atoms with van der Waals surface area (Å²) >= 11 is 0. The van der Waals surface area contributed by atoms with E-state index in [0.29, 0.717) is 124 Å². The van der Waals surface area contributed by atoms with Crippen molar-refractivity contribution >= 4 is 0 Å². The molecule has 0 aromatic rings. The summed E-state index contributed by atoms with van der Waals surface area (Å²) in [5.74, 6) is 30.6. The minimum absolute atomic E-state index is 0.0651. The van der Waals surface area contributed by atoms with Crippen LogP contribution in [0.2, 0.25) is 0 Å². The lowest BCUT2D eigenvalue weighted by molar-refractivity contribution is -0.223. The minimum Gasteiger partial charge on any atom is -0.390 e. The molecule has 10 nitrogen and oxygen atoms in total. The predicted octanol–water partition coefficient (Wildman–Crippen LogP) is 27.7. The SMILES string of the molecule is CC(C)(C)C1(O)C2CC3CC(C2)CC1C3.CC(C)(C)C1(O)CC2CCC1C2.CC(C)C1(O)C2CC3CC(C2)CC1C3.CC(C)CC1(O)C2CC3CC(C2)CC1C3.CC(C)CC1(O)CC2CCC1C2.CC1(O)C2CC3CC(C2)CC1C3.CC1(O)C2CC3CC(C2)CC1C3.CCC1(O)C2CC3CC(C2)CC1C3.CCCC1(O)C2CC3CC(C2)CC1C3.CCCCC1(O)C2CC3CC(C2)CC1C3. The molecule has 0 heterocycles. The third-order valence-corrected chi connectivity index (χ3v) is 49.4. The van der Waals surface area contributed by atoms with Crippen molar-refractivity contribution in [2.45, 2.75) is 533 Å². The molecule has 36 aliphatic rings. The Morgan fingerprint density at radius 2 is 0.493 bits per heavy atom. The van der Waals surface area contributed by atoms with Gasteiger partial charge in [0, 0.05) is 0 Å². The van der Waals surface area contributed by atoms with E-state index in [2.05, 4.69) is 118 Å². The van der Waals surface area contributed by atoms with E-state index >= 15 is 0 Å². The van der Waals surface area contributed by atoms with Crippen LogP contribution in [0.15, 0.2) is 0 Å². The van der Waals surface area contributed by atoms with Gasteiger partial charge < -0.3 is 51.1 Å². The van der Waals surface area contributed by atoms with Gasteiger partial charge in [-0.05, 0) is 596 Å². The van der Waals surface area contributed by atoms with Crippen LogP contribution >= 0.6 is 0 Å². The molecule has 0 aromatic carbocycles. The molecular formula is C124H212O10. The van der Waals surface area contributed by atoms with E-state index in [1.807, 2.05) is 0 Å². The maximum Gasteiger partial charge on any atom is 0.0752 e. The summed E-state index contributed by atoms with van der Waals surface area (Å²) < 4.78 is 0. The van der Waals surface area contributed by atoms with Gasteiger partial charge in [0.1, 0.15) is 0 Å². The fraction of sp³-hybridized carbons (Fsp3) is 1.00. The highest BCUT2D eigenvalue weighted by molar-refractivity contribution is 5.17. The van der Waals surface area contributed by atoms with Gasteiger partial charge in [-0.25, -0.2) is 0 Å². The van der Waals surface area contributed by atoms with Crippen LogP contribution in [0.25, 0.3) is 0 Å². The summed E-state index contributed by atoms with van der Waals surface area (Å²) in [6.45, 7) is 37.4. The number of hydrogen-bond acceptors (Lipinski definition) is 10. The Kier molecular flexibility index (Phi) is 29.3. The zero-order valence-corrected chi connectivity index (χ0v) is 89.6. The Labute approximate surface area is 820 Å². The van der Waals surface area contributed by atoms with E-state index in [-0.39, 0.29) is 66.8 Å². The monoisotopic (exact) mass is 1860 g/mol. The van der Waals surface area contributed by atoms with Crippen LogP contribution in [-0.2, 0) is 0 Å². The molecule has 36 fully saturated rings. The molecule has 134 heavy (non-hydrogen) atoms. The molecule has 36 aliphatic carbocycles. The fourth-order valence-corrected chi connectivity index (χ4v) is 44.1. The quantitative estimate of drug-likeness (QED) is 0.0949. The van der Waals surface area contributed by atoms with Crippen LogP contribution in [-0.4, -0.2) is 107 Å². The van der Waals surface area contributed by atoms with Crippen LogP contribution in [0.1, 0.15) is 477 Å². The summed E-state index contributed by atoms with van der Waals surface area (Å²) in [5.41, 5.74) is -2.76. The summed E-state index contributed by atoms with van der Waals surface area (Å²) in [6, 6.07) is 0. The molecule has 0 aromatic heterocycles. The van der Waals surface area contributed by atoms with E-state index in [0.717, 1.165) is 158 Å². The van der Waals surface area contributed by atoms with Crippen molar-refractivity contribution < 1.29 is 51.1 Å². The standard InChI is InChI=1S/3C14H24O.2C13H22O.C12H20O.2C11H18O.2C11H20O/c1-13(2,3)14(15)11-5-9-4-10(7-11)8-12(14)6-9;1-9(2)8-14(15)12-4-10-3-11(6-12)7-13(14)5-10;1-2-3-4-14(15)12-6-10-5-11(8-12)9-13(14)7-10;1-8(2)13(14)11-4-9-3-10(6-11)7-12(13)5-9;1-2-3-13(14)11-5-9-4-10(7-11)8-12(13)6-9;1-2-12(13)10-4-8-3-9(6-10)7-11(12)5-8;2*1-11(12)9-3-7-2-8(5-9)6-10(11)4-7;1-10(2,3)11(12)7-8-4-5-9(11)6-8;1-8(2)6-11(12)7-9-3-4-10(11)5-9/h9-12,15H,4-8H2,1-3H3;9-13,15H,3-8H2,1-2H3;10-13,15H,2-9H2,1H3;8-12,14H,3-7H2,1-2H3;9-12,14H,2-8H2,1H3;8-11,13H,2-7H2,1H3;2*7-10,12H,2-6H2,1H3;8-9,12H,4-7H2,1-3H3;8-10,12H,3-7H2,1-2H3. The second-order valence-corrected chi connectivity index (χ2v) is 60.8. The first-order valence-corrected chi connectivity index (χ1v) is 60.3. The highest BCUT2D eigenvalue weighted by atomic mass is 16.3. The van der Waals surface area contributed by atoms with Gasteiger partial charge in [0.25, 0.3) is 0 Å². The van der Waals surface area contributed by atoms with Gasteiger partial charge in [-0.1, -0.05) is 123 Å². The van der Waals surface area contributed by atoms with Crippen LogP contribution < -0.4 is 0 Å². The Morgan fingerprint density at radius 1 is 0.239 bits per heavy atom. The smallest absolute Gasteiger partial charge is 0.0752 e. The molecule has 0 amide bonds. The topological polar surface area (TPSA) is 202 Å². The van der Waals surface area contributed by atoms with Gasteiger partial charge in [-0.15, -0.1) is 0 Å². The summed E-state index contributed by atoms with van der Waals surface area (Å²) in [5, 5.41) is 107. The van der Waals surface area contributed by atoms with Crippen molar-refractivity contribution in [3.63, 3.8) is 0 Å². The van der Waals surface area contributed by atoms with Crippen molar-refractivity contribution in [3.8, 4) is 0 Å². The Bertz CT molecular complexity index is 3610. The van der Waals surface area contributed by atoms with Gasteiger partial charge in [0.05, 0.1) is 56.0 Å². The van der Waals surface area contributed by atoms with E-state index < -0.39 is 0 Å². The second-order valence-electron chi connectivity index (χ2n) is 60.8. The first kappa shape index (κ1) is 102. The minimum atomic E-state index is -0.361. The molecule has 0 aliphatic heterocycles. The maximum atomic E-state index is 11.1. The van der Waals surface area contributed by atoms with E-state index in [9.17, 15) is 51.1 Å². The van der Waals surface area contributed by atoms with Crippen LogP contribution in [0.4, 0.5) is 0 Å². The third kappa shape index (κ3) is 19.2. The van der Waals surface area contributed by atoms with Crippen molar-refractivity contribution in [2.75, 3.05) is 0 Å². The number of fused-ring (bicyclic) bond motifs is 4. The van der Waals surface area contributed by atoms with Gasteiger partial charge in [-0.3, -0.25) is 0 Å². The Balaban J connectivity index is 0.0000000959. The summed E-state index contributed by atoms with van der Waals surface area (Å²) in [4.78, 5) is 0. The van der Waals surface area contributed by atoms with Gasteiger partial charge in [0.15, 0.2) is 0 Å². The lowest BCUT2D eigenvalue weighted by Gasteiger charge is -2.63. The summed E-state index contributed by atoms with van der Waals surface area (Å²) in [7, 11) is 0. The summed E-state index contributed by atoms with van der Waals surface area (Å²) in [6.07, 6.45) is 73.1. The van der Waals surface area contributed by atoms with Crippen LogP contribution in [0, 0.1) is 242 Å². The largest absolute Gasteiger partial charge is 0.390 e. The first-order valence-electron chi connectivity index (χ1n) is 60.3. The fourth-order valence-electron chi connectivity index (χ4n) is 44.1. The molecule has 36 bridgehead atoms. The molecule has 10 heteroatoms. The molecule has 0 spiro atoms. The van der Waals surface area contributed by atoms with Crippen LogP contribution in [0.3, 0.4) is 0 Å². The number of aliphatic hydroxyl groups is 10. The van der Waals surface area contributed by atoms with E-state index in [4.69, 9.17) is 0 Å². The molecule has 10 N–H and O–H groups in total. The molecule has 768 valence electrons. The lowest BCUT2D eigenvalue weighted by atomic mass is 9.45. The van der Waals surface area contributed by atoms with Crippen molar-refractivity contribution in [2.24, 2.45) is 242 Å². The Hall–Kier alpha value is -0.400. The number of unbranched alkanes of at least 4 members (excludes halogenated alkanes) is 1. The molecule has 36 rings (SSSR count). The highest BCUT2D eigenvalue weighted by Gasteiger charge is 2.66. The van der Waals surface area contributed by atoms with E-state index in [1.54, 1.807) is 0 Å². The maximum absolute atomic E-state index is 11.1. The van der Waals surface area contributed by atoms with Gasteiger partial charge in [-0.2, -0.15) is 0 Å². The van der Waals surface area contributed by atoms with Gasteiger partial charge >= 0.3 is 0 Å². The third-order valence-electron chi connectivity index (χ3n) is 49.4. The van der Waals surface area contributed by atoms with E-state index in [1.165, 1.54) is 308 Å². The van der Waals surface area contributed by atoms with Crippen molar-refractivity contribution in [1.29, 1.82) is 0 Å². The molecule has 0 radical (unpaired) electrons. The molecular weight excluding hydrogens is 1650 g/mol. The highest BCUT2D eigenvalue weighted by Crippen LogP contribution is 2.69. The number of rotatable bonds is 11. The Morgan fingerprint density at radius 3 is 0.716 bits per heavy atom. The first-order chi connectivity index (χ1) is 63.1. The zero-order valence-electron chi connectivity index (χ0n) is 89.6. The lowest BCUT2D eigenvalue weighted by Crippen LogP contribution is -2.63. The van der Waals surface area contributed by atoms with Crippen LogP contribution in [0.5, 0.6) is 0 Å². The zero-order chi connectivity index (χ0) is 95.1. The van der Waals surface area contributed by atoms with Crippen molar-refractivity contribution in [1.82, 2.24) is 0 Å². The number of hydrogen-bond donors (Lipinski definition) is 10. The van der Waals surface area contributed by atoms with Gasteiger partial charge in [0.2, 0.25) is 0 Å². The average Bonchev–Trinajstić information content (AvgIpc) is 0.740. The van der Waals surface area contributed by atoms with Crippen molar-refractivity contribution in [3.05, 3.63) is 0 Å². The molecule has 0 saturated heterocycles. The molecule has 36 saturated carbocycles. The second kappa shape index (κ2) is 38.4. The predicted molar refractivity (Wildman–Crippen MR) is 545 cm³/mol. The molecule has 6 unspecified atom stereocenters. The normalized spacial score (nSPS) is 54.6.